The van der Waals surface area contributed by atoms with Gasteiger partial charge in [0.05, 0.1) is 18.6 Å². The summed E-state index contributed by atoms with van der Waals surface area (Å²) in [6.07, 6.45) is 4.24. The monoisotopic (exact) mass is 308 g/mol. The lowest BCUT2D eigenvalue weighted by molar-refractivity contribution is 0.287. The SMILES string of the molecule is CCOc1ccc(C2=CC(Cl)CC(C)(C)C2)cc1OCC. The van der Waals surface area contributed by atoms with Gasteiger partial charge in [0.2, 0.25) is 0 Å². The lowest BCUT2D eigenvalue weighted by atomic mass is 9.75. The molecule has 2 rings (SSSR count). The van der Waals surface area contributed by atoms with Crippen molar-refractivity contribution in [2.45, 2.75) is 45.9 Å². The molecule has 0 saturated carbocycles. The molecule has 0 aromatic heterocycles. The van der Waals surface area contributed by atoms with Crippen molar-refractivity contribution >= 4 is 17.2 Å². The van der Waals surface area contributed by atoms with Crippen molar-refractivity contribution in [2.75, 3.05) is 13.2 Å². The summed E-state index contributed by atoms with van der Waals surface area (Å²) in [6, 6.07) is 6.17. The molecule has 1 atom stereocenters. The van der Waals surface area contributed by atoms with Crippen LogP contribution in [-0.2, 0) is 0 Å². The molecule has 0 heterocycles. The van der Waals surface area contributed by atoms with Crippen molar-refractivity contribution in [3.05, 3.63) is 29.8 Å². The number of rotatable bonds is 5. The molecule has 0 N–H and O–H groups in total. The van der Waals surface area contributed by atoms with Gasteiger partial charge in [0, 0.05) is 0 Å². The summed E-state index contributed by atoms with van der Waals surface area (Å²) < 4.78 is 11.3. The van der Waals surface area contributed by atoms with Crippen molar-refractivity contribution in [2.24, 2.45) is 5.41 Å². The van der Waals surface area contributed by atoms with Gasteiger partial charge in [0.1, 0.15) is 0 Å². The second kappa shape index (κ2) is 6.74. The third kappa shape index (κ3) is 4.16. The minimum Gasteiger partial charge on any atom is -0.490 e. The highest BCUT2D eigenvalue weighted by molar-refractivity contribution is 6.22. The topological polar surface area (TPSA) is 18.5 Å². The molecule has 0 spiro atoms. The molecule has 0 radical (unpaired) electrons. The average molecular weight is 309 g/mol. The molecule has 1 aliphatic rings. The molecule has 0 bridgehead atoms. The summed E-state index contributed by atoms with van der Waals surface area (Å²) >= 11 is 6.40. The minimum absolute atomic E-state index is 0.103. The Hall–Kier alpha value is -1.15. The van der Waals surface area contributed by atoms with Gasteiger partial charge in [-0.05, 0) is 55.4 Å². The first-order chi connectivity index (χ1) is 9.95. The summed E-state index contributed by atoms with van der Waals surface area (Å²) in [5, 5.41) is 0.103. The van der Waals surface area contributed by atoms with Crippen LogP contribution in [0.25, 0.3) is 5.57 Å². The summed E-state index contributed by atoms with van der Waals surface area (Å²) in [5.74, 6) is 1.62. The zero-order chi connectivity index (χ0) is 15.5. The second-order valence-corrected chi connectivity index (χ2v) is 6.84. The van der Waals surface area contributed by atoms with Gasteiger partial charge < -0.3 is 9.47 Å². The number of hydrogen-bond donors (Lipinski definition) is 0. The molecule has 3 heteroatoms. The normalized spacial score (nSPS) is 20.8. The van der Waals surface area contributed by atoms with Crippen LogP contribution in [0.1, 0.15) is 46.1 Å². The largest absolute Gasteiger partial charge is 0.490 e. The van der Waals surface area contributed by atoms with E-state index in [9.17, 15) is 0 Å². The standard InChI is InChI=1S/C18H25ClO2/c1-5-20-16-8-7-13(10-17(16)21-6-2)14-9-15(19)12-18(3,4)11-14/h7-10,15H,5-6,11-12H2,1-4H3. The van der Waals surface area contributed by atoms with Gasteiger partial charge in [-0.15, -0.1) is 11.6 Å². The molecule has 0 saturated heterocycles. The van der Waals surface area contributed by atoms with Crippen molar-refractivity contribution in [1.29, 1.82) is 0 Å². The molecule has 1 aromatic rings. The smallest absolute Gasteiger partial charge is 0.161 e. The maximum Gasteiger partial charge on any atom is 0.161 e. The Labute approximate surface area is 133 Å². The van der Waals surface area contributed by atoms with Gasteiger partial charge >= 0.3 is 0 Å². The molecule has 1 aliphatic carbocycles. The van der Waals surface area contributed by atoms with Gasteiger partial charge in [-0.25, -0.2) is 0 Å². The zero-order valence-electron chi connectivity index (χ0n) is 13.4. The van der Waals surface area contributed by atoms with E-state index in [1.165, 1.54) is 11.1 Å². The van der Waals surface area contributed by atoms with Crippen LogP contribution in [0.15, 0.2) is 24.3 Å². The van der Waals surface area contributed by atoms with E-state index in [1.54, 1.807) is 0 Å². The van der Waals surface area contributed by atoms with Crippen LogP contribution in [-0.4, -0.2) is 18.6 Å². The van der Waals surface area contributed by atoms with E-state index in [-0.39, 0.29) is 10.8 Å². The number of ether oxygens (including phenoxy) is 2. The van der Waals surface area contributed by atoms with E-state index in [4.69, 9.17) is 21.1 Å². The van der Waals surface area contributed by atoms with E-state index in [0.717, 1.165) is 24.3 Å². The molecule has 1 aromatic carbocycles. The van der Waals surface area contributed by atoms with E-state index < -0.39 is 0 Å². The number of hydrogen-bond acceptors (Lipinski definition) is 2. The third-order valence-electron chi connectivity index (χ3n) is 3.71. The molecule has 0 amide bonds. The molecule has 2 nitrogen and oxygen atoms in total. The summed E-state index contributed by atoms with van der Waals surface area (Å²) in [4.78, 5) is 0. The summed E-state index contributed by atoms with van der Waals surface area (Å²) in [7, 11) is 0. The molecule has 1 unspecified atom stereocenters. The van der Waals surface area contributed by atoms with Crippen LogP contribution in [0.2, 0.25) is 0 Å². The lowest BCUT2D eigenvalue weighted by Crippen LogP contribution is -2.21. The van der Waals surface area contributed by atoms with Crippen molar-refractivity contribution < 1.29 is 9.47 Å². The fraction of sp³-hybridized carbons (Fsp3) is 0.556. The Kier molecular flexibility index (Phi) is 5.21. The van der Waals surface area contributed by atoms with Gasteiger partial charge in [-0.2, -0.15) is 0 Å². The molecule has 116 valence electrons. The number of halogens is 1. The fourth-order valence-corrected chi connectivity index (χ4v) is 3.47. The highest BCUT2D eigenvalue weighted by Crippen LogP contribution is 2.42. The average Bonchev–Trinajstić information content (AvgIpc) is 2.39. The highest BCUT2D eigenvalue weighted by atomic mass is 35.5. The van der Waals surface area contributed by atoms with Crippen LogP contribution in [0.5, 0.6) is 11.5 Å². The third-order valence-corrected chi connectivity index (χ3v) is 3.99. The molecule has 0 fully saturated rings. The van der Waals surface area contributed by atoms with E-state index in [1.807, 2.05) is 19.9 Å². The van der Waals surface area contributed by atoms with Crippen LogP contribution in [0.3, 0.4) is 0 Å². The molecular weight excluding hydrogens is 284 g/mol. The Morgan fingerprint density at radius 1 is 1.14 bits per heavy atom. The van der Waals surface area contributed by atoms with Crippen LogP contribution < -0.4 is 9.47 Å². The maximum absolute atomic E-state index is 6.40. The zero-order valence-corrected chi connectivity index (χ0v) is 14.2. The lowest BCUT2D eigenvalue weighted by Gasteiger charge is -2.32. The van der Waals surface area contributed by atoms with Crippen LogP contribution >= 0.6 is 11.6 Å². The highest BCUT2D eigenvalue weighted by Gasteiger charge is 2.28. The first-order valence-corrected chi connectivity index (χ1v) is 8.13. The minimum atomic E-state index is 0.103. The maximum atomic E-state index is 6.40. The Morgan fingerprint density at radius 3 is 2.43 bits per heavy atom. The predicted molar refractivity (Wildman–Crippen MR) is 89.4 cm³/mol. The van der Waals surface area contributed by atoms with Gasteiger partial charge in [0.15, 0.2) is 11.5 Å². The fourth-order valence-electron chi connectivity index (χ4n) is 2.90. The molecule has 21 heavy (non-hydrogen) atoms. The van der Waals surface area contributed by atoms with Crippen molar-refractivity contribution in [3.8, 4) is 11.5 Å². The van der Waals surface area contributed by atoms with Crippen LogP contribution in [0.4, 0.5) is 0 Å². The van der Waals surface area contributed by atoms with E-state index >= 15 is 0 Å². The number of alkyl halides is 1. The quantitative estimate of drug-likeness (QED) is 0.688. The Morgan fingerprint density at radius 2 is 1.81 bits per heavy atom. The van der Waals surface area contributed by atoms with Crippen LogP contribution in [0, 0.1) is 5.41 Å². The first kappa shape index (κ1) is 16.2. The van der Waals surface area contributed by atoms with Crippen molar-refractivity contribution in [3.63, 3.8) is 0 Å². The molecule has 0 aliphatic heterocycles. The molecular formula is C18H25ClO2. The number of allylic oxidation sites excluding steroid dienone is 2. The van der Waals surface area contributed by atoms with Gasteiger partial charge in [-0.3, -0.25) is 0 Å². The number of benzene rings is 1. The van der Waals surface area contributed by atoms with E-state index in [0.29, 0.717) is 13.2 Å². The van der Waals surface area contributed by atoms with Gasteiger partial charge in [0.25, 0.3) is 0 Å². The second-order valence-electron chi connectivity index (χ2n) is 6.28. The van der Waals surface area contributed by atoms with Gasteiger partial charge in [-0.1, -0.05) is 26.0 Å². The summed E-state index contributed by atoms with van der Waals surface area (Å²) in [6.45, 7) is 9.78. The van der Waals surface area contributed by atoms with Crippen molar-refractivity contribution in [1.82, 2.24) is 0 Å². The predicted octanol–water partition coefficient (Wildman–Crippen LogP) is 5.29. The summed E-state index contributed by atoms with van der Waals surface area (Å²) in [5.41, 5.74) is 2.72. The Balaban J connectivity index is 2.33. The first-order valence-electron chi connectivity index (χ1n) is 7.70. The Bertz CT molecular complexity index is 520. The van der Waals surface area contributed by atoms with E-state index in [2.05, 4.69) is 32.1 Å².